The van der Waals surface area contributed by atoms with Crippen molar-refractivity contribution in [1.29, 1.82) is 0 Å². The molecule has 1 aromatic heterocycles. The molecule has 0 aliphatic carbocycles. The molecule has 0 bridgehead atoms. The topological polar surface area (TPSA) is 70.4 Å². The predicted molar refractivity (Wildman–Crippen MR) is 41.8 cm³/mol. The molecule has 0 saturated heterocycles. The number of hydrogen-bond donors (Lipinski definition) is 2. The highest BCUT2D eigenvalue weighted by atomic mass is 16.4. The van der Waals surface area contributed by atoms with Crippen LogP contribution in [0.4, 0.5) is 0 Å². The molecule has 0 aliphatic rings. The summed E-state index contributed by atoms with van der Waals surface area (Å²) in [6.07, 6.45) is 0.603. The molecule has 12 heavy (non-hydrogen) atoms. The van der Waals surface area contributed by atoms with E-state index in [9.17, 15) is 4.79 Å². The summed E-state index contributed by atoms with van der Waals surface area (Å²) in [5.74, 6) is -1.07. The van der Waals surface area contributed by atoms with E-state index in [4.69, 9.17) is 10.2 Å². The van der Waals surface area contributed by atoms with E-state index in [2.05, 4.69) is 4.98 Å². The Morgan fingerprint density at radius 2 is 2.33 bits per heavy atom. The van der Waals surface area contributed by atoms with Gasteiger partial charge in [-0.05, 0) is 19.1 Å². The molecule has 0 aromatic carbocycles. The first-order valence-electron chi connectivity index (χ1n) is 3.49. The molecule has 0 radical (unpaired) electrons. The molecule has 64 valence electrons. The predicted octanol–water partition coefficient (Wildman–Crippen LogP) is 0.833. The van der Waals surface area contributed by atoms with Crippen molar-refractivity contribution in [3.8, 4) is 0 Å². The van der Waals surface area contributed by atoms with Crippen molar-refractivity contribution in [1.82, 2.24) is 4.98 Å². The number of nitrogens with zero attached hydrogens (tertiary/aromatic N) is 1. The molecule has 2 N–H and O–H groups in total. The van der Waals surface area contributed by atoms with Gasteiger partial charge in [0, 0.05) is 6.20 Å². The van der Waals surface area contributed by atoms with Crippen LogP contribution < -0.4 is 0 Å². The Hall–Kier alpha value is -1.42. The summed E-state index contributed by atoms with van der Waals surface area (Å²) in [6.45, 7) is 1.48. The van der Waals surface area contributed by atoms with Gasteiger partial charge in [0.1, 0.15) is 0 Å². The van der Waals surface area contributed by atoms with Gasteiger partial charge in [0.2, 0.25) is 0 Å². The zero-order valence-electron chi connectivity index (χ0n) is 6.56. The molecule has 0 saturated carbocycles. The molecular weight excluding hydrogens is 158 g/mol. The number of aliphatic hydroxyl groups is 1. The standard InChI is InChI=1S/C8H9NO3/c1-5(10)7-6(8(11)12)3-2-4-9-7/h2-5,10H,1H3,(H,11,12). The van der Waals surface area contributed by atoms with Crippen LogP contribution in [0.5, 0.6) is 0 Å². The van der Waals surface area contributed by atoms with E-state index < -0.39 is 12.1 Å². The first kappa shape index (κ1) is 8.67. The lowest BCUT2D eigenvalue weighted by atomic mass is 10.1. The number of rotatable bonds is 2. The summed E-state index contributed by atoms with van der Waals surface area (Å²) in [7, 11) is 0. The van der Waals surface area contributed by atoms with Gasteiger partial charge in [0.25, 0.3) is 0 Å². The fraction of sp³-hybridized carbons (Fsp3) is 0.250. The first-order valence-corrected chi connectivity index (χ1v) is 3.49. The van der Waals surface area contributed by atoms with Crippen LogP contribution in [0, 0.1) is 0 Å². The molecule has 0 aliphatic heterocycles. The average molecular weight is 167 g/mol. The van der Waals surface area contributed by atoms with E-state index in [0.717, 1.165) is 0 Å². The molecule has 1 heterocycles. The Morgan fingerprint density at radius 1 is 1.67 bits per heavy atom. The highest BCUT2D eigenvalue weighted by Crippen LogP contribution is 2.13. The minimum atomic E-state index is -1.07. The van der Waals surface area contributed by atoms with Crippen LogP contribution in [0.1, 0.15) is 29.1 Å². The van der Waals surface area contributed by atoms with Gasteiger partial charge in [-0.1, -0.05) is 0 Å². The van der Waals surface area contributed by atoms with Crippen LogP contribution in [0.2, 0.25) is 0 Å². The number of aromatic nitrogens is 1. The molecule has 4 heteroatoms. The zero-order valence-corrected chi connectivity index (χ0v) is 6.56. The van der Waals surface area contributed by atoms with Crippen molar-refractivity contribution in [3.63, 3.8) is 0 Å². The number of aromatic carboxylic acids is 1. The maximum Gasteiger partial charge on any atom is 0.337 e. The molecule has 4 nitrogen and oxygen atoms in total. The van der Waals surface area contributed by atoms with Gasteiger partial charge in [-0.25, -0.2) is 4.79 Å². The van der Waals surface area contributed by atoms with E-state index in [0.29, 0.717) is 0 Å². The Bertz CT molecular complexity index is 296. The second kappa shape index (κ2) is 3.32. The third-order valence-electron chi connectivity index (χ3n) is 1.46. The molecule has 1 atom stereocenters. The fourth-order valence-electron chi connectivity index (χ4n) is 0.931. The number of aliphatic hydroxyl groups excluding tert-OH is 1. The lowest BCUT2D eigenvalue weighted by Crippen LogP contribution is -2.06. The SMILES string of the molecule is CC(O)c1ncccc1C(=O)O. The third-order valence-corrected chi connectivity index (χ3v) is 1.46. The van der Waals surface area contributed by atoms with E-state index >= 15 is 0 Å². The Labute approximate surface area is 69.5 Å². The maximum atomic E-state index is 10.6. The van der Waals surface area contributed by atoms with E-state index in [-0.39, 0.29) is 11.3 Å². The van der Waals surface area contributed by atoms with E-state index in [1.54, 1.807) is 0 Å². The number of carbonyl (C=O) groups is 1. The van der Waals surface area contributed by atoms with Crippen LogP contribution in [0.25, 0.3) is 0 Å². The number of hydrogen-bond acceptors (Lipinski definition) is 3. The van der Waals surface area contributed by atoms with Crippen molar-refractivity contribution in [2.24, 2.45) is 0 Å². The third kappa shape index (κ3) is 1.60. The van der Waals surface area contributed by atoms with Crippen LogP contribution in [-0.2, 0) is 0 Å². The summed E-state index contributed by atoms with van der Waals surface area (Å²) in [5.41, 5.74) is 0.248. The number of carboxylic acids is 1. The van der Waals surface area contributed by atoms with Gasteiger partial charge in [-0.2, -0.15) is 0 Å². The zero-order chi connectivity index (χ0) is 9.14. The lowest BCUT2D eigenvalue weighted by Gasteiger charge is -2.05. The largest absolute Gasteiger partial charge is 0.478 e. The van der Waals surface area contributed by atoms with Gasteiger partial charge < -0.3 is 10.2 Å². The molecule has 1 aromatic rings. The number of carboxylic acid groups (broad SMARTS) is 1. The molecular formula is C8H9NO3. The van der Waals surface area contributed by atoms with Gasteiger partial charge in [0.05, 0.1) is 17.4 Å². The van der Waals surface area contributed by atoms with E-state index in [1.807, 2.05) is 0 Å². The van der Waals surface area contributed by atoms with Crippen LogP contribution >= 0.6 is 0 Å². The van der Waals surface area contributed by atoms with Crippen molar-refractivity contribution in [2.75, 3.05) is 0 Å². The van der Waals surface area contributed by atoms with Gasteiger partial charge in [0.15, 0.2) is 0 Å². The average Bonchev–Trinajstić information content (AvgIpc) is 2.04. The highest BCUT2D eigenvalue weighted by molar-refractivity contribution is 5.88. The summed E-state index contributed by atoms with van der Waals surface area (Å²) in [4.78, 5) is 14.3. The first-order chi connectivity index (χ1) is 5.63. The van der Waals surface area contributed by atoms with Crippen molar-refractivity contribution in [2.45, 2.75) is 13.0 Å². The summed E-state index contributed by atoms with van der Waals surface area (Å²) in [6, 6.07) is 2.94. The van der Waals surface area contributed by atoms with Crippen LogP contribution in [0.15, 0.2) is 18.3 Å². The van der Waals surface area contributed by atoms with Crippen LogP contribution in [-0.4, -0.2) is 21.2 Å². The van der Waals surface area contributed by atoms with Gasteiger partial charge in [-0.15, -0.1) is 0 Å². The molecule has 1 rings (SSSR count). The minimum absolute atomic E-state index is 0.0486. The fourth-order valence-corrected chi connectivity index (χ4v) is 0.931. The van der Waals surface area contributed by atoms with Crippen LogP contribution in [0.3, 0.4) is 0 Å². The highest BCUT2D eigenvalue weighted by Gasteiger charge is 2.13. The second-order valence-corrected chi connectivity index (χ2v) is 2.42. The quantitative estimate of drug-likeness (QED) is 0.684. The molecule has 0 spiro atoms. The normalized spacial score (nSPS) is 12.5. The monoisotopic (exact) mass is 167 g/mol. The van der Waals surface area contributed by atoms with Gasteiger partial charge >= 0.3 is 5.97 Å². The van der Waals surface area contributed by atoms with Crippen molar-refractivity contribution in [3.05, 3.63) is 29.6 Å². The van der Waals surface area contributed by atoms with Crippen molar-refractivity contribution < 1.29 is 15.0 Å². The summed E-state index contributed by atoms with van der Waals surface area (Å²) >= 11 is 0. The number of pyridine rings is 1. The Balaban J connectivity index is 3.17. The Morgan fingerprint density at radius 3 is 2.75 bits per heavy atom. The summed E-state index contributed by atoms with van der Waals surface area (Å²) in [5, 5.41) is 17.8. The van der Waals surface area contributed by atoms with E-state index in [1.165, 1.54) is 25.3 Å². The molecule has 0 fully saturated rings. The second-order valence-electron chi connectivity index (χ2n) is 2.42. The smallest absolute Gasteiger partial charge is 0.337 e. The maximum absolute atomic E-state index is 10.6. The minimum Gasteiger partial charge on any atom is -0.478 e. The molecule has 1 unspecified atom stereocenters. The lowest BCUT2D eigenvalue weighted by molar-refractivity contribution is 0.0689. The summed E-state index contributed by atoms with van der Waals surface area (Å²) < 4.78 is 0. The Kier molecular flexibility index (Phi) is 2.40. The van der Waals surface area contributed by atoms with Gasteiger partial charge in [-0.3, -0.25) is 4.98 Å². The molecule has 0 amide bonds. The van der Waals surface area contributed by atoms with Crippen molar-refractivity contribution >= 4 is 5.97 Å².